The Morgan fingerprint density at radius 3 is 2.40 bits per heavy atom. The number of ether oxygens (including phenoxy) is 3. The lowest BCUT2D eigenvalue weighted by Gasteiger charge is -2.14. The molecule has 0 fully saturated rings. The lowest BCUT2D eigenvalue weighted by Crippen LogP contribution is -2.10. The monoisotopic (exact) mass is 363 g/mol. The molecule has 2 rings (SSSR count). The van der Waals surface area contributed by atoms with Crippen LogP contribution in [0.25, 0.3) is 0 Å². The van der Waals surface area contributed by atoms with Gasteiger partial charge in [-0.3, -0.25) is 0 Å². The van der Waals surface area contributed by atoms with Crippen LogP contribution in [0.2, 0.25) is 5.02 Å². The van der Waals surface area contributed by atoms with E-state index in [-0.39, 0.29) is 0 Å². The first-order valence-electron chi connectivity index (χ1n) is 7.95. The Bertz CT molecular complexity index is 714. The average molecular weight is 364 g/mol. The molecule has 0 saturated carbocycles. The summed E-state index contributed by atoms with van der Waals surface area (Å²) in [4.78, 5) is 0. The minimum Gasteiger partial charge on any atom is -0.493 e. The molecule has 0 spiro atoms. The van der Waals surface area contributed by atoms with Crippen LogP contribution in [-0.2, 0) is 0 Å². The van der Waals surface area contributed by atoms with Crippen LogP contribution < -0.4 is 14.2 Å². The van der Waals surface area contributed by atoms with Gasteiger partial charge in [0.25, 0.3) is 0 Å². The molecular weight excluding hydrogens is 342 g/mol. The predicted octanol–water partition coefficient (Wildman–Crippen LogP) is 4.74. The fourth-order valence-corrected chi connectivity index (χ4v) is 2.55. The van der Waals surface area contributed by atoms with E-state index in [0.717, 1.165) is 5.75 Å². The molecule has 0 unspecified atom stereocenters. The molecule has 0 aliphatic carbocycles. The van der Waals surface area contributed by atoms with Gasteiger partial charge in [-0.05, 0) is 35.7 Å². The van der Waals surface area contributed by atoms with Crippen LogP contribution in [0.4, 0.5) is 0 Å². The molecule has 0 atom stereocenters. The van der Waals surface area contributed by atoms with Crippen molar-refractivity contribution in [3.05, 3.63) is 52.5 Å². The highest BCUT2D eigenvalue weighted by molar-refractivity contribution is 6.32. The van der Waals surface area contributed by atoms with Crippen LogP contribution in [0.15, 0.2) is 41.6 Å². The highest BCUT2D eigenvalue weighted by Crippen LogP contribution is 2.36. The molecule has 2 aromatic carbocycles. The van der Waals surface area contributed by atoms with Crippen molar-refractivity contribution in [2.24, 2.45) is 5.16 Å². The van der Waals surface area contributed by atoms with Gasteiger partial charge in [-0.25, -0.2) is 0 Å². The maximum absolute atomic E-state index is 8.61. The Kier molecular flexibility index (Phi) is 6.95. The van der Waals surface area contributed by atoms with Crippen LogP contribution in [0.3, 0.4) is 0 Å². The van der Waals surface area contributed by atoms with Crippen LogP contribution >= 0.6 is 11.6 Å². The standard InChI is InChI=1S/C19H22ClNO4/c1-13(2)15-4-6-16(7-5-15)24-8-9-25-19-17(20)10-14(12-21-22)11-18(19)23-3/h4-7,10-13,22H,8-9H2,1-3H3. The van der Waals surface area contributed by atoms with Gasteiger partial charge in [0.1, 0.15) is 19.0 Å². The van der Waals surface area contributed by atoms with Gasteiger partial charge in [0, 0.05) is 5.56 Å². The molecule has 0 saturated heterocycles. The zero-order valence-electron chi connectivity index (χ0n) is 14.5. The van der Waals surface area contributed by atoms with E-state index in [1.54, 1.807) is 12.1 Å². The summed E-state index contributed by atoms with van der Waals surface area (Å²) in [5, 5.41) is 12.0. The van der Waals surface area contributed by atoms with E-state index < -0.39 is 0 Å². The van der Waals surface area contributed by atoms with Gasteiger partial charge in [0.05, 0.1) is 18.3 Å². The molecule has 2 aromatic rings. The molecule has 0 heterocycles. The number of methoxy groups -OCH3 is 1. The predicted molar refractivity (Wildman–Crippen MR) is 98.9 cm³/mol. The van der Waals surface area contributed by atoms with Crippen molar-refractivity contribution in [3.63, 3.8) is 0 Å². The van der Waals surface area contributed by atoms with Crippen LogP contribution in [0.1, 0.15) is 30.9 Å². The molecule has 0 aliphatic rings. The SMILES string of the molecule is COc1cc(C=NO)cc(Cl)c1OCCOc1ccc(C(C)C)cc1. The fraction of sp³-hybridized carbons (Fsp3) is 0.316. The molecule has 0 aromatic heterocycles. The summed E-state index contributed by atoms with van der Waals surface area (Å²) >= 11 is 6.20. The first-order valence-corrected chi connectivity index (χ1v) is 8.33. The largest absolute Gasteiger partial charge is 0.493 e. The maximum Gasteiger partial charge on any atom is 0.179 e. The summed E-state index contributed by atoms with van der Waals surface area (Å²) in [6.45, 7) is 4.99. The molecule has 0 radical (unpaired) electrons. The van der Waals surface area contributed by atoms with Crippen molar-refractivity contribution in [1.29, 1.82) is 0 Å². The highest BCUT2D eigenvalue weighted by Gasteiger charge is 2.11. The molecular formula is C19H22ClNO4. The first-order chi connectivity index (χ1) is 12.0. The van der Waals surface area contributed by atoms with Crippen molar-refractivity contribution < 1.29 is 19.4 Å². The Morgan fingerprint density at radius 1 is 1.12 bits per heavy atom. The minimum absolute atomic E-state index is 0.315. The van der Waals surface area contributed by atoms with Crippen LogP contribution in [-0.4, -0.2) is 31.7 Å². The number of rotatable bonds is 8. The topological polar surface area (TPSA) is 60.3 Å². The third-order valence-electron chi connectivity index (χ3n) is 3.60. The van der Waals surface area contributed by atoms with Gasteiger partial charge < -0.3 is 19.4 Å². The lowest BCUT2D eigenvalue weighted by molar-refractivity contribution is 0.211. The Balaban J connectivity index is 1.93. The fourth-order valence-electron chi connectivity index (χ4n) is 2.27. The van der Waals surface area contributed by atoms with Crippen LogP contribution in [0, 0.1) is 0 Å². The summed E-state index contributed by atoms with van der Waals surface area (Å²) in [6, 6.07) is 11.3. The van der Waals surface area contributed by atoms with Crippen molar-refractivity contribution >= 4 is 17.8 Å². The third kappa shape index (κ3) is 5.29. The van der Waals surface area contributed by atoms with Gasteiger partial charge in [0.15, 0.2) is 11.5 Å². The Hall–Kier alpha value is -2.40. The second-order valence-electron chi connectivity index (χ2n) is 5.70. The summed E-state index contributed by atoms with van der Waals surface area (Å²) < 4.78 is 16.6. The lowest BCUT2D eigenvalue weighted by atomic mass is 10.0. The summed E-state index contributed by atoms with van der Waals surface area (Å²) in [7, 11) is 1.52. The van der Waals surface area contributed by atoms with E-state index in [2.05, 4.69) is 31.1 Å². The van der Waals surface area contributed by atoms with Gasteiger partial charge in [-0.1, -0.05) is 42.7 Å². The number of nitrogens with zero attached hydrogens (tertiary/aromatic N) is 1. The van der Waals surface area contributed by atoms with E-state index >= 15 is 0 Å². The molecule has 134 valence electrons. The summed E-state index contributed by atoms with van der Waals surface area (Å²) in [6.07, 6.45) is 1.27. The molecule has 1 N–H and O–H groups in total. The summed E-state index contributed by atoms with van der Waals surface area (Å²) in [5.74, 6) is 2.17. The molecule has 0 amide bonds. The Morgan fingerprint density at radius 2 is 1.80 bits per heavy atom. The zero-order chi connectivity index (χ0) is 18.2. The third-order valence-corrected chi connectivity index (χ3v) is 3.88. The normalized spacial score (nSPS) is 11.1. The quantitative estimate of drug-likeness (QED) is 0.318. The van der Waals surface area contributed by atoms with Crippen molar-refractivity contribution in [3.8, 4) is 17.2 Å². The number of hydrogen-bond donors (Lipinski definition) is 1. The summed E-state index contributed by atoms with van der Waals surface area (Å²) in [5.41, 5.74) is 1.88. The van der Waals surface area contributed by atoms with Crippen molar-refractivity contribution in [2.45, 2.75) is 19.8 Å². The number of halogens is 1. The van der Waals surface area contributed by atoms with Gasteiger partial charge in [0.2, 0.25) is 0 Å². The van der Waals surface area contributed by atoms with Crippen LogP contribution in [0.5, 0.6) is 17.2 Å². The van der Waals surface area contributed by atoms with Gasteiger partial charge >= 0.3 is 0 Å². The number of benzene rings is 2. The smallest absolute Gasteiger partial charge is 0.179 e. The van der Waals surface area contributed by atoms with Gasteiger partial charge in [-0.2, -0.15) is 0 Å². The minimum atomic E-state index is 0.315. The molecule has 25 heavy (non-hydrogen) atoms. The molecule has 0 aliphatic heterocycles. The number of hydrogen-bond acceptors (Lipinski definition) is 5. The molecule has 5 nitrogen and oxygen atoms in total. The van der Waals surface area contributed by atoms with Gasteiger partial charge in [-0.15, -0.1) is 0 Å². The van der Waals surface area contributed by atoms with E-state index in [1.807, 2.05) is 12.1 Å². The van der Waals surface area contributed by atoms with E-state index in [9.17, 15) is 0 Å². The second kappa shape index (κ2) is 9.18. The maximum atomic E-state index is 8.61. The van der Waals surface area contributed by atoms with Crippen molar-refractivity contribution in [2.75, 3.05) is 20.3 Å². The van der Waals surface area contributed by atoms with E-state index in [4.69, 9.17) is 31.0 Å². The van der Waals surface area contributed by atoms with E-state index in [1.165, 1.54) is 18.9 Å². The second-order valence-corrected chi connectivity index (χ2v) is 6.11. The number of oxime groups is 1. The first kappa shape index (κ1) is 18.9. The van der Waals surface area contributed by atoms with E-state index in [0.29, 0.717) is 41.2 Å². The average Bonchev–Trinajstić information content (AvgIpc) is 2.60. The van der Waals surface area contributed by atoms with Crippen molar-refractivity contribution in [1.82, 2.24) is 0 Å². The molecule has 6 heteroatoms. The molecule has 0 bridgehead atoms. The zero-order valence-corrected chi connectivity index (χ0v) is 15.3. The Labute approximate surface area is 152 Å². The highest BCUT2D eigenvalue weighted by atomic mass is 35.5.